The number of amides is 2. The van der Waals surface area contributed by atoms with Gasteiger partial charge in [0.05, 0.1) is 31.3 Å². The van der Waals surface area contributed by atoms with Crippen LogP contribution in [0.4, 0.5) is 11.4 Å². The van der Waals surface area contributed by atoms with Crippen LogP contribution in [0, 0.1) is 17.0 Å². The monoisotopic (exact) mass is 442 g/mol. The van der Waals surface area contributed by atoms with Crippen LogP contribution >= 0.6 is 0 Å². The first kappa shape index (κ1) is 23.2. The topological polar surface area (TPSA) is 123 Å². The standard InChI is InChI=1S/C22H26N4O6/c1-15-13-17(26(29)30)5-8-19(15)24-22(28)21(27)23-14-20(25-9-11-32-12-10-25)16-3-6-18(31-2)7-4-16/h3-8,13,20H,9-12,14H2,1-2H3,(H,23,27)(H,24,28)/t20-/m1/s1. The molecule has 1 fully saturated rings. The normalized spacial score (nSPS) is 14.9. The zero-order chi connectivity index (χ0) is 23.1. The van der Waals surface area contributed by atoms with Gasteiger partial charge in [-0.05, 0) is 36.2 Å². The highest BCUT2D eigenvalue weighted by molar-refractivity contribution is 6.39. The molecule has 2 aromatic carbocycles. The molecular weight excluding hydrogens is 416 g/mol. The molecule has 170 valence electrons. The van der Waals surface area contributed by atoms with E-state index in [1.807, 2.05) is 24.3 Å². The maximum absolute atomic E-state index is 12.5. The molecule has 1 heterocycles. The van der Waals surface area contributed by atoms with Crippen LogP contribution in [0.5, 0.6) is 5.75 Å². The summed E-state index contributed by atoms with van der Waals surface area (Å²) in [6.45, 7) is 4.47. The number of nitro benzene ring substituents is 1. The van der Waals surface area contributed by atoms with E-state index in [-0.39, 0.29) is 18.3 Å². The maximum atomic E-state index is 12.5. The van der Waals surface area contributed by atoms with E-state index in [0.29, 0.717) is 37.6 Å². The molecule has 0 unspecified atom stereocenters. The van der Waals surface area contributed by atoms with Crippen LogP contribution in [0.15, 0.2) is 42.5 Å². The summed E-state index contributed by atoms with van der Waals surface area (Å²) in [5.74, 6) is -0.886. The van der Waals surface area contributed by atoms with Gasteiger partial charge in [-0.3, -0.25) is 24.6 Å². The minimum atomic E-state index is -0.836. The van der Waals surface area contributed by atoms with E-state index in [0.717, 1.165) is 11.3 Å². The van der Waals surface area contributed by atoms with Gasteiger partial charge in [0, 0.05) is 37.5 Å². The highest BCUT2D eigenvalue weighted by Gasteiger charge is 2.25. The Morgan fingerprint density at radius 2 is 1.84 bits per heavy atom. The van der Waals surface area contributed by atoms with E-state index in [2.05, 4.69) is 15.5 Å². The van der Waals surface area contributed by atoms with Gasteiger partial charge in [0.25, 0.3) is 5.69 Å². The fraction of sp³-hybridized carbons (Fsp3) is 0.364. The summed E-state index contributed by atoms with van der Waals surface area (Å²) >= 11 is 0. The summed E-state index contributed by atoms with van der Waals surface area (Å²) in [6.07, 6.45) is 0. The third kappa shape index (κ3) is 5.80. The largest absolute Gasteiger partial charge is 0.497 e. The number of ether oxygens (including phenoxy) is 2. The summed E-state index contributed by atoms with van der Waals surface area (Å²) < 4.78 is 10.6. The molecule has 32 heavy (non-hydrogen) atoms. The predicted molar refractivity (Wildman–Crippen MR) is 118 cm³/mol. The van der Waals surface area contributed by atoms with Gasteiger partial charge in [-0.15, -0.1) is 0 Å². The summed E-state index contributed by atoms with van der Waals surface area (Å²) in [5, 5.41) is 16.1. The van der Waals surface area contributed by atoms with Crippen molar-refractivity contribution in [3.8, 4) is 5.75 Å². The van der Waals surface area contributed by atoms with E-state index in [9.17, 15) is 19.7 Å². The second kappa shape index (κ2) is 10.7. The highest BCUT2D eigenvalue weighted by Crippen LogP contribution is 2.24. The highest BCUT2D eigenvalue weighted by atomic mass is 16.6. The lowest BCUT2D eigenvalue weighted by molar-refractivity contribution is -0.384. The lowest BCUT2D eigenvalue weighted by Gasteiger charge is -2.35. The molecule has 10 nitrogen and oxygen atoms in total. The molecule has 0 saturated carbocycles. The fourth-order valence-electron chi connectivity index (χ4n) is 3.52. The summed E-state index contributed by atoms with van der Waals surface area (Å²) in [6, 6.07) is 11.5. The molecule has 10 heteroatoms. The van der Waals surface area contributed by atoms with Gasteiger partial charge in [0.1, 0.15) is 5.75 Å². The van der Waals surface area contributed by atoms with Crippen molar-refractivity contribution in [1.82, 2.24) is 10.2 Å². The van der Waals surface area contributed by atoms with Crippen LogP contribution in [0.1, 0.15) is 17.2 Å². The van der Waals surface area contributed by atoms with Gasteiger partial charge >= 0.3 is 11.8 Å². The molecule has 1 aliphatic heterocycles. The second-order valence-corrected chi connectivity index (χ2v) is 7.36. The molecule has 2 N–H and O–H groups in total. The van der Waals surface area contributed by atoms with Crippen molar-refractivity contribution >= 4 is 23.2 Å². The van der Waals surface area contributed by atoms with Crippen molar-refractivity contribution in [3.63, 3.8) is 0 Å². The molecule has 3 rings (SSSR count). The molecule has 1 aliphatic rings. The average Bonchev–Trinajstić information content (AvgIpc) is 2.81. The van der Waals surface area contributed by atoms with Crippen molar-refractivity contribution < 1.29 is 24.0 Å². The molecular formula is C22H26N4O6. The first-order chi connectivity index (χ1) is 15.4. The number of morpholine rings is 1. The number of nitro groups is 1. The average molecular weight is 442 g/mol. The van der Waals surface area contributed by atoms with Crippen LogP contribution in [0.25, 0.3) is 0 Å². The molecule has 0 aliphatic carbocycles. The maximum Gasteiger partial charge on any atom is 0.313 e. The first-order valence-corrected chi connectivity index (χ1v) is 10.2. The number of nitrogens with one attached hydrogen (secondary N) is 2. The number of nitrogens with zero attached hydrogens (tertiary/aromatic N) is 2. The Kier molecular flexibility index (Phi) is 7.74. The van der Waals surface area contributed by atoms with Crippen LogP contribution < -0.4 is 15.4 Å². The number of benzene rings is 2. The van der Waals surface area contributed by atoms with Crippen molar-refractivity contribution in [2.75, 3.05) is 45.3 Å². The van der Waals surface area contributed by atoms with Crippen LogP contribution in [0.3, 0.4) is 0 Å². The van der Waals surface area contributed by atoms with E-state index in [4.69, 9.17) is 9.47 Å². The molecule has 1 atom stereocenters. The van der Waals surface area contributed by atoms with E-state index in [1.165, 1.54) is 18.2 Å². The SMILES string of the molecule is COc1ccc([C@@H](CNC(=O)C(=O)Nc2ccc([N+](=O)[O-])cc2C)N2CCOCC2)cc1. The molecule has 2 amide bonds. The summed E-state index contributed by atoms with van der Waals surface area (Å²) in [5.41, 5.74) is 1.73. The molecule has 2 aromatic rings. The van der Waals surface area contributed by atoms with Crippen molar-refractivity contribution in [2.45, 2.75) is 13.0 Å². The number of carbonyl (C=O) groups is 2. The van der Waals surface area contributed by atoms with E-state index >= 15 is 0 Å². The van der Waals surface area contributed by atoms with Gasteiger partial charge in [-0.1, -0.05) is 12.1 Å². The second-order valence-electron chi connectivity index (χ2n) is 7.36. The van der Waals surface area contributed by atoms with Crippen LogP contribution in [0.2, 0.25) is 0 Å². The Balaban J connectivity index is 1.66. The summed E-state index contributed by atoms with van der Waals surface area (Å²) in [4.78, 5) is 37.4. The fourth-order valence-corrected chi connectivity index (χ4v) is 3.52. The molecule has 1 saturated heterocycles. The number of non-ortho nitro benzene ring substituents is 1. The molecule has 0 bridgehead atoms. The van der Waals surface area contributed by atoms with Gasteiger partial charge in [-0.2, -0.15) is 0 Å². The zero-order valence-electron chi connectivity index (χ0n) is 18.0. The van der Waals surface area contributed by atoms with Gasteiger partial charge in [0.15, 0.2) is 0 Å². The minimum Gasteiger partial charge on any atom is -0.497 e. The van der Waals surface area contributed by atoms with Gasteiger partial charge in [0.2, 0.25) is 0 Å². The number of anilines is 1. The van der Waals surface area contributed by atoms with Crippen molar-refractivity contribution in [3.05, 3.63) is 63.7 Å². The van der Waals surface area contributed by atoms with Gasteiger partial charge in [-0.25, -0.2) is 0 Å². The van der Waals surface area contributed by atoms with Crippen molar-refractivity contribution in [1.29, 1.82) is 0 Å². The number of rotatable bonds is 7. The van der Waals surface area contributed by atoms with E-state index < -0.39 is 16.7 Å². The van der Waals surface area contributed by atoms with Gasteiger partial charge < -0.3 is 20.1 Å². The van der Waals surface area contributed by atoms with Crippen LogP contribution in [-0.2, 0) is 14.3 Å². The Labute approximate surface area is 185 Å². The number of carbonyl (C=O) groups excluding carboxylic acids is 2. The number of hydrogen-bond acceptors (Lipinski definition) is 7. The Morgan fingerprint density at radius 1 is 1.16 bits per heavy atom. The first-order valence-electron chi connectivity index (χ1n) is 10.2. The van der Waals surface area contributed by atoms with Crippen molar-refractivity contribution in [2.24, 2.45) is 0 Å². The Hall–Kier alpha value is -3.50. The lowest BCUT2D eigenvalue weighted by Crippen LogP contribution is -2.45. The zero-order valence-corrected chi connectivity index (χ0v) is 18.0. The number of methoxy groups -OCH3 is 1. The lowest BCUT2D eigenvalue weighted by atomic mass is 10.0. The summed E-state index contributed by atoms with van der Waals surface area (Å²) in [7, 11) is 1.60. The Morgan fingerprint density at radius 3 is 2.44 bits per heavy atom. The minimum absolute atomic E-state index is 0.0854. The molecule has 0 aromatic heterocycles. The van der Waals surface area contributed by atoms with Crippen LogP contribution in [-0.4, -0.2) is 61.6 Å². The Bertz CT molecular complexity index is 973. The molecule has 0 spiro atoms. The number of hydrogen-bond donors (Lipinski definition) is 2. The van der Waals surface area contributed by atoms with E-state index in [1.54, 1.807) is 14.0 Å². The smallest absolute Gasteiger partial charge is 0.313 e. The molecule has 0 radical (unpaired) electrons. The predicted octanol–water partition coefficient (Wildman–Crippen LogP) is 2.04. The third-order valence-electron chi connectivity index (χ3n) is 5.32. The number of aryl methyl sites for hydroxylation is 1. The third-order valence-corrected chi connectivity index (χ3v) is 5.32. The quantitative estimate of drug-likeness (QED) is 0.382.